The Morgan fingerprint density at radius 2 is 0.893 bits per heavy atom. The number of hydrogen-bond acceptors (Lipinski definition) is 12. The summed E-state index contributed by atoms with van der Waals surface area (Å²) in [6.45, 7) is 10.5. The van der Waals surface area contributed by atoms with Crippen molar-refractivity contribution in [3.05, 3.63) is 138 Å². The first-order valence-corrected chi connectivity index (χ1v) is 17.6. The number of rotatable bonds is 9. The molecule has 0 bridgehead atoms. The van der Waals surface area contributed by atoms with Gasteiger partial charge in [-0.3, -0.25) is 29.8 Å². The molecule has 0 atom stereocenters. The number of ketones is 2. The second-order valence-corrected chi connectivity index (χ2v) is 14.2. The highest BCUT2D eigenvalue weighted by molar-refractivity contribution is 6.35. The van der Waals surface area contributed by atoms with Crippen molar-refractivity contribution in [2.45, 2.75) is 41.5 Å². The topological polar surface area (TPSA) is 225 Å². The van der Waals surface area contributed by atoms with Crippen molar-refractivity contribution < 1.29 is 39.9 Å². The second kappa shape index (κ2) is 14.5. The van der Waals surface area contributed by atoms with Crippen LogP contribution in [0.25, 0.3) is 33.4 Å². The Balaban J connectivity index is 1.58. The molecule has 0 radical (unpaired) electrons. The van der Waals surface area contributed by atoms with E-state index < -0.39 is 44.4 Å². The monoisotopic (exact) mass is 758 g/mol. The summed E-state index contributed by atoms with van der Waals surface area (Å²) in [6.07, 6.45) is 2.58. The summed E-state index contributed by atoms with van der Waals surface area (Å²) in [5.41, 5.74) is 2.91. The Morgan fingerprint density at radius 3 is 1.18 bits per heavy atom. The zero-order valence-corrected chi connectivity index (χ0v) is 31.2. The number of nitrogens with one attached hydrogen (secondary N) is 2. The van der Waals surface area contributed by atoms with Gasteiger partial charge >= 0.3 is 0 Å². The van der Waals surface area contributed by atoms with Gasteiger partial charge in [-0.25, -0.2) is 0 Å². The number of aryl methyl sites for hydroxylation is 2. The van der Waals surface area contributed by atoms with Gasteiger partial charge in [0.1, 0.15) is 11.5 Å². The van der Waals surface area contributed by atoms with E-state index in [0.29, 0.717) is 44.8 Å². The van der Waals surface area contributed by atoms with Gasteiger partial charge in [-0.05, 0) is 72.2 Å². The molecule has 4 aromatic carbocycles. The number of carbonyl (C=O) groups is 2. The molecule has 0 aliphatic heterocycles. The van der Waals surface area contributed by atoms with Crippen molar-refractivity contribution in [3.8, 4) is 22.6 Å². The first-order chi connectivity index (χ1) is 26.4. The molecule has 0 fully saturated rings. The molecule has 286 valence electrons. The lowest BCUT2D eigenvalue weighted by atomic mass is 9.75. The van der Waals surface area contributed by atoms with E-state index in [1.165, 1.54) is 60.9 Å². The molecule has 14 heteroatoms. The Morgan fingerprint density at radius 1 is 0.571 bits per heavy atom. The number of benzene rings is 4. The Bertz CT molecular complexity index is 2330. The van der Waals surface area contributed by atoms with Crippen LogP contribution < -0.4 is 10.6 Å². The third-order valence-corrected chi connectivity index (χ3v) is 9.87. The number of aliphatic hydroxyl groups is 2. The molecule has 2 aliphatic rings. The van der Waals surface area contributed by atoms with Crippen LogP contribution in [0.1, 0.15) is 61.1 Å². The highest BCUT2D eigenvalue weighted by Crippen LogP contribution is 2.53. The predicted octanol–water partition coefficient (Wildman–Crippen LogP) is 9.12. The van der Waals surface area contributed by atoms with Gasteiger partial charge in [-0.1, -0.05) is 39.8 Å². The molecule has 0 heterocycles. The maximum absolute atomic E-state index is 13.8. The first kappa shape index (κ1) is 38.5. The van der Waals surface area contributed by atoms with E-state index in [2.05, 4.69) is 10.6 Å². The van der Waals surface area contributed by atoms with Crippen LogP contribution in [0.4, 0.5) is 22.7 Å². The fraction of sp³-hybridized carbons (Fsp3) is 0.190. The van der Waals surface area contributed by atoms with Gasteiger partial charge in [0.05, 0.1) is 21.0 Å². The normalized spacial score (nSPS) is 15.5. The fourth-order valence-corrected chi connectivity index (χ4v) is 7.30. The molecule has 0 saturated carbocycles. The molecule has 0 aromatic heterocycles. The number of aliphatic hydroxyl groups excluding tert-OH is 2. The van der Waals surface area contributed by atoms with E-state index in [9.17, 15) is 50.2 Å². The molecule has 4 aromatic rings. The lowest BCUT2D eigenvalue weighted by Gasteiger charge is -2.29. The lowest BCUT2D eigenvalue weighted by Crippen LogP contribution is -2.20. The number of nitrogens with zero attached hydrogens (tertiary/aromatic N) is 2. The molecule has 0 saturated heterocycles. The molecular weight excluding hydrogens is 720 g/mol. The summed E-state index contributed by atoms with van der Waals surface area (Å²) in [5.74, 6) is -4.11. The van der Waals surface area contributed by atoms with Crippen LogP contribution in [0.5, 0.6) is 11.5 Å². The summed E-state index contributed by atoms with van der Waals surface area (Å²) in [7, 11) is 0. The van der Waals surface area contributed by atoms with Crippen molar-refractivity contribution in [2.24, 2.45) is 11.8 Å². The molecule has 2 aliphatic carbocycles. The minimum absolute atomic E-state index is 0.0649. The third kappa shape index (κ3) is 6.50. The number of phenols is 2. The highest BCUT2D eigenvalue weighted by Gasteiger charge is 2.38. The number of non-ortho nitro benzene ring substituents is 2. The maximum Gasteiger partial charge on any atom is 0.269 e. The minimum atomic E-state index is -0.789. The maximum atomic E-state index is 13.8. The molecular formula is C42H38N4O10. The fourth-order valence-electron chi connectivity index (χ4n) is 7.30. The van der Waals surface area contributed by atoms with Crippen LogP contribution in [0.2, 0.25) is 0 Å². The molecule has 56 heavy (non-hydrogen) atoms. The average molecular weight is 759 g/mol. The standard InChI is InChI=1S/C42H38N4O10/c1-19(2)31-27-15-21(5)33(39(49)35(27)29(37(47)41(31)51)17-43-23-7-11-25(12-8-23)45(53)54)34-22(6)16-28-32(20(3)4)42(52)38(48)30(36(28)40(34)50)18-44-24-9-13-26(14-10-24)46(55)56/h7-20,43-44,49-52H,1-6H3/b29-17-,30-18+. The Labute approximate surface area is 320 Å². The average Bonchev–Trinajstić information content (AvgIpc) is 3.13. The Hall–Kier alpha value is -7.22. The number of aromatic hydroxyl groups is 2. The largest absolute Gasteiger partial charge is 0.507 e. The number of hydrogen-bond donors (Lipinski definition) is 6. The molecule has 14 nitrogen and oxygen atoms in total. The van der Waals surface area contributed by atoms with Crippen LogP contribution in [0, 0.1) is 45.9 Å². The number of allylic oxidation sites excluding steroid dienone is 4. The Kier molecular flexibility index (Phi) is 10.0. The van der Waals surface area contributed by atoms with Gasteiger partial charge in [-0.15, -0.1) is 0 Å². The number of fused-ring (bicyclic) bond motifs is 2. The van der Waals surface area contributed by atoms with Crippen molar-refractivity contribution in [3.63, 3.8) is 0 Å². The zero-order valence-electron chi connectivity index (χ0n) is 31.2. The third-order valence-electron chi connectivity index (χ3n) is 9.87. The molecule has 6 rings (SSSR count). The number of carbonyl (C=O) groups excluding carboxylic acids is 2. The van der Waals surface area contributed by atoms with Crippen molar-refractivity contribution in [1.82, 2.24) is 0 Å². The van der Waals surface area contributed by atoms with E-state index >= 15 is 0 Å². The zero-order chi connectivity index (χ0) is 40.9. The van der Waals surface area contributed by atoms with Crippen LogP contribution in [-0.4, -0.2) is 41.8 Å². The van der Waals surface area contributed by atoms with E-state index in [-0.39, 0.29) is 56.6 Å². The summed E-state index contributed by atoms with van der Waals surface area (Å²) in [6, 6.07) is 14.3. The number of nitro benzene ring substituents is 2. The van der Waals surface area contributed by atoms with E-state index in [1.54, 1.807) is 53.7 Å². The first-order valence-electron chi connectivity index (χ1n) is 17.6. The SMILES string of the molecule is Cc1cc2c(c(O)c1-c1c(C)cc3c(c1O)/C(=C\Nc1ccc([N+](=O)[O-])cc1)C(=O)C(O)=C3C(C)C)/C(=C/Nc1ccc([N+](=O)[O-])cc1)C(=O)C(O)=C2C(C)C. The molecule has 0 amide bonds. The van der Waals surface area contributed by atoms with Gasteiger partial charge in [-0.2, -0.15) is 0 Å². The van der Waals surface area contributed by atoms with Crippen LogP contribution in [0.3, 0.4) is 0 Å². The molecule has 6 N–H and O–H groups in total. The van der Waals surface area contributed by atoms with Crippen molar-refractivity contribution >= 4 is 56.6 Å². The van der Waals surface area contributed by atoms with Crippen molar-refractivity contribution in [2.75, 3.05) is 10.6 Å². The smallest absolute Gasteiger partial charge is 0.269 e. The molecule has 0 unspecified atom stereocenters. The summed E-state index contributed by atoms with van der Waals surface area (Å²) in [4.78, 5) is 48.9. The van der Waals surface area contributed by atoms with Gasteiger partial charge in [0.2, 0.25) is 11.6 Å². The van der Waals surface area contributed by atoms with E-state index in [0.717, 1.165) is 0 Å². The number of anilines is 2. The van der Waals surface area contributed by atoms with Gasteiger partial charge in [0.25, 0.3) is 11.4 Å². The minimum Gasteiger partial charge on any atom is -0.507 e. The lowest BCUT2D eigenvalue weighted by molar-refractivity contribution is -0.385. The van der Waals surface area contributed by atoms with Crippen LogP contribution in [-0.2, 0) is 9.59 Å². The predicted molar refractivity (Wildman–Crippen MR) is 213 cm³/mol. The quantitative estimate of drug-likeness (QED) is 0.0534. The highest BCUT2D eigenvalue weighted by atomic mass is 16.6. The van der Waals surface area contributed by atoms with Gasteiger partial charge < -0.3 is 31.1 Å². The van der Waals surface area contributed by atoms with E-state index in [4.69, 9.17) is 0 Å². The summed E-state index contributed by atoms with van der Waals surface area (Å²) in [5, 5.41) is 75.2. The summed E-state index contributed by atoms with van der Waals surface area (Å²) >= 11 is 0. The van der Waals surface area contributed by atoms with Gasteiger partial charge in [0, 0.05) is 81.4 Å². The second-order valence-electron chi connectivity index (χ2n) is 14.2. The number of Topliss-reactive ketones (excluding diaryl/α,β-unsaturated/α-hetero) is 2. The molecule has 0 spiro atoms. The van der Waals surface area contributed by atoms with Crippen molar-refractivity contribution in [1.29, 1.82) is 0 Å². The van der Waals surface area contributed by atoms with E-state index in [1.807, 2.05) is 0 Å². The van der Waals surface area contributed by atoms with Crippen LogP contribution in [0.15, 0.2) is 84.6 Å². The number of nitro groups is 2. The van der Waals surface area contributed by atoms with Crippen LogP contribution >= 0.6 is 0 Å². The van der Waals surface area contributed by atoms with Gasteiger partial charge in [0.15, 0.2) is 11.5 Å². The number of phenolic OH excluding ortho intramolecular Hbond substituents is 2. The summed E-state index contributed by atoms with van der Waals surface area (Å²) < 4.78 is 0.